The van der Waals surface area contributed by atoms with Crippen LogP contribution in [0.3, 0.4) is 0 Å². The van der Waals surface area contributed by atoms with E-state index in [1.165, 1.54) is 0 Å². The number of hydrogen-bond donors (Lipinski definition) is 2. The topological polar surface area (TPSA) is 75.4 Å². The van der Waals surface area contributed by atoms with E-state index in [0.717, 1.165) is 5.56 Å². The van der Waals surface area contributed by atoms with Gasteiger partial charge in [-0.1, -0.05) is 35.9 Å². The summed E-state index contributed by atoms with van der Waals surface area (Å²) >= 11 is 6.09. The van der Waals surface area contributed by atoms with Gasteiger partial charge in [-0.3, -0.25) is 9.59 Å². The molecule has 0 spiro atoms. The summed E-state index contributed by atoms with van der Waals surface area (Å²) in [6, 6.07) is 11.7. The maximum absolute atomic E-state index is 14.0. The number of primary amides is 1. The molecule has 0 aromatic heterocycles. The molecule has 3 N–H and O–H groups in total. The second kappa shape index (κ2) is 10.6. The van der Waals surface area contributed by atoms with Crippen molar-refractivity contribution in [1.29, 1.82) is 0 Å². The molecule has 5 nitrogen and oxygen atoms in total. The van der Waals surface area contributed by atoms with E-state index < -0.39 is 29.3 Å². The quantitative estimate of drug-likeness (QED) is 0.480. The molecule has 0 unspecified atom stereocenters. The molecule has 0 bridgehead atoms. The molecule has 2 aromatic rings. The Bertz CT molecular complexity index is 1070. The van der Waals surface area contributed by atoms with Gasteiger partial charge in [-0.15, -0.1) is 0 Å². The van der Waals surface area contributed by atoms with E-state index in [1.807, 2.05) is 19.0 Å². The zero-order valence-corrected chi connectivity index (χ0v) is 20.8. The number of carbonyl (C=O) groups is 2. The monoisotopic (exact) mass is 509 g/mol. The second-order valence-corrected chi connectivity index (χ2v) is 10.0. The zero-order valence-electron chi connectivity index (χ0n) is 20.1. The minimum absolute atomic E-state index is 0.0116. The highest BCUT2D eigenvalue weighted by molar-refractivity contribution is 6.31. The van der Waals surface area contributed by atoms with Crippen molar-refractivity contribution in [1.82, 2.24) is 10.2 Å². The third kappa shape index (κ3) is 6.35. The summed E-state index contributed by atoms with van der Waals surface area (Å²) in [5, 5.41) is 3.32. The first-order chi connectivity index (χ1) is 16.3. The highest BCUT2D eigenvalue weighted by Gasteiger charge is 2.67. The number of halogens is 4. The van der Waals surface area contributed by atoms with Gasteiger partial charge in [0.05, 0.1) is 5.41 Å². The highest BCUT2D eigenvalue weighted by Crippen LogP contribution is 2.66. The molecule has 0 heterocycles. The molecule has 2 amide bonds. The Morgan fingerprint density at radius 2 is 1.77 bits per heavy atom. The van der Waals surface area contributed by atoms with E-state index in [9.17, 15) is 22.8 Å². The molecule has 190 valence electrons. The predicted molar refractivity (Wildman–Crippen MR) is 130 cm³/mol. The van der Waals surface area contributed by atoms with E-state index in [2.05, 4.69) is 5.32 Å². The molecule has 9 heteroatoms. The van der Waals surface area contributed by atoms with E-state index in [1.54, 1.807) is 49.4 Å². The molecule has 1 aliphatic rings. The first-order valence-corrected chi connectivity index (χ1v) is 11.9. The lowest BCUT2D eigenvalue weighted by Crippen LogP contribution is -2.42. The molecule has 0 saturated heterocycles. The number of likely N-dealkylation sites (N-methyl/N-ethyl adjacent to an activating group) is 1. The predicted octanol–water partition coefficient (Wildman–Crippen LogP) is 4.85. The van der Waals surface area contributed by atoms with Gasteiger partial charge in [0, 0.05) is 35.5 Å². The number of nitrogens with two attached hydrogens (primary N) is 1. The fourth-order valence-electron chi connectivity index (χ4n) is 4.48. The highest BCUT2D eigenvalue weighted by atomic mass is 35.5. The average molecular weight is 510 g/mol. The van der Waals surface area contributed by atoms with Crippen LogP contribution in [0.15, 0.2) is 42.5 Å². The van der Waals surface area contributed by atoms with Gasteiger partial charge in [0.1, 0.15) is 0 Å². The number of amides is 2. The van der Waals surface area contributed by atoms with Crippen LogP contribution in [0.5, 0.6) is 0 Å². The summed E-state index contributed by atoms with van der Waals surface area (Å²) in [6.45, 7) is 2.02. The lowest BCUT2D eigenvalue weighted by molar-refractivity contribution is -0.194. The van der Waals surface area contributed by atoms with Crippen LogP contribution in [0.4, 0.5) is 13.2 Å². The fourth-order valence-corrected chi connectivity index (χ4v) is 4.60. The van der Waals surface area contributed by atoms with E-state index >= 15 is 0 Å². The van der Waals surface area contributed by atoms with Crippen LogP contribution >= 0.6 is 11.6 Å². The molecular weight excluding hydrogens is 479 g/mol. The molecule has 3 rings (SSSR count). The minimum Gasteiger partial charge on any atom is -0.366 e. The molecule has 1 saturated carbocycles. The third-order valence-electron chi connectivity index (χ3n) is 6.97. The van der Waals surface area contributed by atoms with Crippen LogP contribution in [-0.2, 0) is 11.2 Å². The first-order valence-electron chi connectivity index (χ1n) is 11.5. The van der Waals surface area contributed by atoms with Gasteiger partial charge < -0.3 is 16.0 Å². The van der Waals surface area contributed by atoms with Gasteiger partial charge >= 0.3 is 6.18 Å². The average Bonchev–Trinajstić information content (AvgIpc) is 3.59. The summed E-state index contributed by atoms with van der Waals surface area (Å²) in [7, 11) is 3.74. The summed E-state index contributed by atoms with van der Waals surface area (Å²) in [4.78, 5) is 26.1. The Balaban J connectivity index is 1.71. The summed E-state index contributed by atoms with van der Waals surface area (Å²) in [5.41, 5.74) is 5.92. The van der Waals surface area contributed by atoms with Gasteiger partial charge in [0.2, 0.25) is 11.8 Å². The van der Waals surface area contributed by atoms with Crippen molar-refractivity contribution in [3.05, 3.63) is 69.7 Å². The molecule has 1 aliphatic carbocycles. The van der Waals surface area contributed by atoms with Crippen LogP contribution in [-0.4, -0.2) is 49.6 Å². The Kier molecular flexibility index (Phi) is 8.17. The maximum atomic E-state index is 14.0. The van der Waals surface area contributed by atoms with Crippen LogP contribution < -0.4 is 11.1 Å². The van der Waals surface area contributed by atoms with E-state index in [0.29, 0.717) is 28.1 Å². The summed E-state index contributed by atoms with van der Waals surface area (Å²) < 4.78 is 42.0. The molecule has 2 aromatic carbocycles. The lowest BCUT2D eigenvalue weighted by Gasteiger charge is -2.30. The van der Waals surface area contributed by atoms with E-state index in [4.69, 9.17) is 17.3 Å². The van der Waals surface area contributed by atoms with Crippen LogP contribution in [0.1, 0.15) is 52.2 Å². The Morgan fingerprint density at radius 1 is 1.14 bits per heavy atom. The largest absolute Gasteiger partial charge is 0.395 e. The smallest absolute Gasteiger partial charge is 0.366 e. The number of hydrogen-bond acceptors (Lipinski definition) is 3. The first kappa shape index (κ1) is 27.0. The summed E-state index contributed by atoms with van der Waals surface area (Å²) in [6.07, 6.45) is -4.04. The molecule has 35 heavy (non-hydrogen) atoms. The number of aryl methyl sites for hydroxylation is 1. The van der Waals surface area contributed by atoms with Crippen molar-refractivity contribution in [3.63, 3.8) is 0 Å². The number of carbonyl (C=O) groups excluding carboxylic acids is 2. The zero-order chi connectivity index (χ0) is 26.0. The molecule has 1 fully saturated rings. The van der Waals surface area contributed by atoms with Gasteiger partial charge in [-0.25, -0.2) is 0 Å². The van der Waals surface area contributed by atoms with Crippen molar-refractivity contribution in [2.24, 2.45) is 11.1 Å². The number of benzene rings is 2. The molecule has 0 radical (unpaired) electrons. The van der Waals surface area contributed by atoms with Crippen LogP contribution in [0, 0.1) is 12.3 Å². The SMILES string of the molecule is Cc1cc([C@@H](CC(=O)NC[C@H](Cc2ccc(C(N)=O)cc2)N(C)C)C2(C(F)(F)F)CC2)ccc1Cl. The third-order valence-corrected chi connectivity index (χ3v) is 7.39. The Labute approximate surface area is 208 Å². The Hall–Kier alpha value is -2.58. The van der Waals surface area contributed by atoms with Gasteiger partial charge in [-0.05, 0) is 75.2 Å². The van der Waals surface area contributed by atoms with Crippen molar-refractivity contribution in [2.45, 2.75) is 50.7 Å². The molecule has 0 aliphatic heterocycles. The normalized spacial score (nSPS) is 16.6. The Morgan fingerprint density at radius 3 is 2.26 bits per heavy atom. The molecular formula is C26H31ClF3N3O2. The van der Waals surface area contributed by atoms with Crippen LogP contribution in [0.2, 0.25) is 5.02 Å². The number of nitrogens with zero attached hydrogens (tertiary/aromatic N) is 1. The second-order valence-electron chi connectivity index (χ2n) is 9.61. The lowest BCUT2D eigenvalue weighted by atomic mass is 9.79. The number of alkyl halides is 3. The van der Waals surface area contributed by atoms with Gasteiger partial charge in [-0.2, -0.15) is 13.2 Å². The van der Waals surface area contributed by atoms with Crippen molar-refractivity contribution < 1.29 is 22.8 Å². The van der Waals surface area contributed by atoms with Crippen LogP contribution in [0.25, 0.3) is 0 Å². The minimum atomic E-state index is -4.39. The van der Waals surface area contributed by atoms with Gasteiger partial charge in [0.25, 0.3) is 0 Å². The molecule has 2 atom stereocenters. The number of nitrogens with one attached hydrogen (secondary N) is 1. The van der Waals surface area contributed by atoms with Crippen molar-refractivity contribution >= 4 is 23.4 Å². The fraction of sp³-hybridized carbons (Fsp3) is 0.462. The number of rotatable bonds is 10. The summed E-state index contributed by atoms with van der Waals surface area (Å²) in [5.74, 6) is -1.91. The van der Waals surface area contributed by atoms with Crippen molar-refractivity contribution in [2.75, 3.05) is 20.6 Å². The standard InChI is InChI=1S/C26H31ClF3N3O2/c1-16-12-19(8-9-22(16)27)21(25(10-11-25)26(28,29)30)14-23(34)32-15-20(33(2)3)13-17-4-6-18(7-5-17)24(31)35/h4-9,12,20-21H,10-11,13-15H2,1-3H3,(H2,31,35)(H,32,34)/t20-,21+/m0/s1. The van der Waals surface area contributed by atoms with Crippen molar-refractivity contribution in [3.8, 4) is 0 Å². The van der Waals surface area contributed by atoms with E-state index in [-0.39, 0.29) is 31.8 Å². The maximum Gasteiger partial charge on any atom is 0.395 e. The van der Waals surface area contributed by atoms with Gasteiger partial charge in [0.15, 0.2) is 0 Å².